The Bertz CT molecular complexity index is 1170. The molecule has 0 aliphatic carbocycles. The molecule has 0 atom stereocenters. The standard InChI is InChI=1S/C21H17ClF2N2O4S/c1-30-16-9-7-15(8-10-16)26(31(28,29)17-11-5-14(22)6-12-17)13-20(27)25-21-18(23)3-2-4-19(21)24/h2-12H,13H2,1H3,(H,25,27). The fraction of sp³-hybridized carbons (Fsp3) is 0.0952. The summed E-state index contributed by atoms with van der Waals surface area (Å²) in [7, 11) is -2.76. The number of hydrogen-bond acceptors (Lipinski definition) is 4. The molecule has 0 saturated carbocycles. The number of benzene rings is 3. The summed E-state index contributed by atoms with van der Waals surface area (Å²) in [6.07, 6.45) is 0. The Kier molecular flexibility index (Phi) is 6.77. The Balaban J connectivity index is 1.97. The van der Waals surface area contributed by atoms with Crippen molar-refractivity contribution >= 4 is 38.9 Å². The summed E-state index contributed by atoms with van der Waals surface area (Å²) >= 11 is 5.84. The van der Waals surface area contributed by atoms with Gasteiger partial charge >= 0.3 is 0 Å². The van der Waals surface area contributed by atoms with Crippen LogP contribution in [-0.4, -0.2) is 28.0 Å². The Morgan fingerprint density at radius 1 is 1.00 bits per heavy atom. The van der Waals surface area contributed by atoms with Gasteiger partial charge in [0.25, 0.3) is 10.0 Å². The molecule has 0 bridgehead atoms. The van der Waals surface area contributed by atoms with Gasteiger partial charge in [0, 0.05) is 5.02 Å². The number of rotatable bonds is 7. The second kappa shape index (κ2) is 9.32. The third-order valence-corrected chi connectivity index (χ3v) is 6.32. The van der Waals surface area contributed by atoms with E-state index in [9.17, 15) is 22.0 Å². The molecule has 0 unspecified atom stereocenters. The molecule has 0 spiro atoms. The minimum Gasteiger partial charge on any atom is -0.497 e. The van der Waals surface area contributed by atoms with E-state index in [1.807, 2.05) is 0 Å². The van der Waals surface area contributed by atoms with Crippen molar-refractivity contribution in [2.45, 2.75) is 4.90 Å². The van der Waals surface area contributed by atoms with Gasteiger partial charge in [-0.15, -0.1) is 0 Å². The van der Waals surface area contributed by atoms with E-state index in [1.165, 1.54) is 55.6 Å². The van der Waals surface area contributed by atoms with Crippen LogP contribution < -0.4 is 14.4 Å². The normalized spacial score (nSPS) is 11.1. The number of nitrogens with one attached hydrogen (secondary N) is 1. The van der Waals surface area contributed by atoms with Gasteiger partial charge in [0.15, 0.2) is 0 Å². The van der Waals surface area contributed by atoms with Crippen LogP contribution in [0.25, 0.3) is 0 Å². The first-order valence-electron chi connectivity index (χ1n) is 8.88. The zero-order valence-electron chi connectivity index (χ0n) is 16.2. The van der Waals surface area contributed by atoms with Gasteiger partial charge in [-0.2, -0.15) is 0 Å². The number of ether oxygens (including phenoxy) is 1. The highest BCUT2D eigenvalue weighted by Crippen LogP contribution is 2.27. The van der Waals surface area contributed by atoms with E-state index in [0.29, 0.717) is 10.8 Å². The third kappa shape index (κ3) is 5.12. The minimum atomic E-state index is -4.21. The maximum Gasteiger partial charge on any atom is 0.264 e. The van der Waals surface area contributed by atoms with E-state index < -0.39 is 39.8 Å². The Labute approximate surface area is 183 Å². The van der Waals surface area contributed by atoms with Crippen LogP contribution in [0, 0.1) is 11.6 Å². The maximum atomic E-state index is 13.9. The molecule has 0 fully saturated rings. The second-order valence-corrected chi connectivity index (χ2v) is 8.61. The summed E-state index contributed by atoms with van der Waals surface area (Å²) < 4.78 is 60.1. The van der Waals surface area contributed by atoms with Gasteiger partial charge in [-0.3, -0.25) is 9.10 Å². The van der Waals surface area contributed by atoms with Crippen LogP contribution in [0.1, 0.15) is 0 Å². The van der Waals surface area contributed by atoms with Crippen molar-refractivity contribution < 1.29 is 26.7 Å². The number of amides is 1. The first-order valence-corrected chi connectivity index (χ1v) is 10.7. The average molecular weight is 467 g/mol. The molecule has 0 aliphatic rings. The first kappa shape index (κ1) is 22.5. The molecule has 162 valence electrons. The molecule has 0 heterocycles. The van der Waals surface area contributed by atoms with Gasteiger partial charge in [-0.1, -0.05) is 17.7 Å². The molecule has 31 heavy (non-hydrogen) atoms. The summed E-state index contributed by atoms with van der Waals surface area (Å²) in [5, 5.41) is 2.43. The summed E-state index contributed by atoms with van der Waals surface area (Å²) in [6, 6.07) is 14.4. The third-order valence-electron chi connectivity index (χ3n) is 4.28. The molecule has 1 amide bonds. The van der Waals surface area contributed by atoms with Crippen LogP contribution >= 0.6 is 11.6 Å². The van der Waals surface area contributed by atoms with E-state index in [4.69, 9.17) is 16.3 Å². The number of carbonyl (C=O) groups is 1. The van der Waals surface area contributed by atoms with Gasteiger partial charge in [-0.05, 0) is 60.7 Å². The smallest absolute Gasteiger partial charge is 0.264 e. The topological polar surface area (TPSA) is 75.7 Å². The number of sulfonamides is 1. The van der Waals surface area contributed by atoms with Crippen molar-refractivity contribution in [3.63, 3.8) is 0 Å². The van der Waals surface area contributed by atoms with Gasteiger partial charge in [0.05, 0.1) is 17.7 Å². The largest absolute Gasteiger partial charge is 0.497 e. The number of methoxy groups -OCH3 is 1. The van der Waals surface area contributed by atoms with Gasteiger partial charge < -0.3 is 10.1 Å². The number of nitrogens with zero attached hydrogens (tertiary/aromatic N) is 1. The summed E-state index contributed by atoms with van der Waals surface area (Å²) in [6.45, 7) is -0.731. The van der Waals surface area contributed by atoms with Crippen molar-refractivity contribution in [1.29, 1.82) is 0 Å². The van der Waals surface area contributed by atoms with Gasteiger partial charge in [0.2, 0.25) is 5.91 Å². The van der Waals surface area contributed by atoms with Gasteiger partial charge in [-0.25, -0.2) is 17.2 Å². The van der Waals surface area contributed by atoms with Crippen molar-refractivity contribution in [2.24, 2.45) is 0 Å². The van der Waals surface area contributed by atoms with Crippen LogP contribution in [0.2, 0.25) is 5.02 Å². The maximum absolute atomic E-state index is 13.9. The Morgan fingerprint density at radius 3 is 2.13 bits per heavy atom. The lowest BCUT2D eigenvalue weighted by Crippen LogP contribution is -2.38. The molecule has 0 saturated heterocycles. The van der Waals surface area contributed by atoms with Crippen molar-refractivity contribution in [3.05, 3.63) is 83.4 Å². The number of halogens is 3. The van der Waals surface area contributed by atoms with Crippen LogP contribution in [0.5, 0.6) is 5.75 Å². The van der Waals surface area contributed by atoms with E-state index in [-0.39, 0.29) is 10.6 Å². The fourth-order valence-electron chi connectivity index (χ4n) is 2.72. The van der Waals surface area contributed by atoms with E-state index in [0.717, 1.165) is 22.5 Å². The molecule has 6 nitrogen and oxygen atoms in total. The van der Waals surface area contributed by atoms with Crippen molar-refractivity contribution in [1.82, 2.24) is 0 Å². The molecule has 0 aromatic heterocycles. The molecule has 3 rings (SSSR count). The highest BCUT2D eigenvalue weighted by atomic mass is 35.5. The molecule has 1 N–H and O–H groups in total. The highest BCUT2D eigenvalue weighted by Gasteiger charge is 2.28. The lowest BCUT2D eigenvalue weighted by molar-refractivity contribution is -0.114. The zero-order valence-corrected chi connectivity index (χ0v) is 17.8. The molecule has 0 aliphatic heterocycles. The van der Waals surface area contributed by atoms with Crippen molar-refractivity contribution in [3.8, 4) is 5.75 Å². The molecular formula is C21H17ClF2N2O4S. The van der Waals surface area contributed by atoms with Crippen LogP contribution in [-0.2, 0) is 14.8 Å². The molecule has 3 aromatic rings. The summed E-state index contributed by atoms with van der Waals surface area (Å²) in [4.78, 5) is 12.4. The lowest BCUT2D eigenvalue weighted by atomic mass is 10.3. The monoisotopic (exact) mass is 466 g/mol. The minimum absolute atomic E-state index is 0.113. The fourth-order valence-corrected chi connectivity index (χ4v) is 4.27. The SMILES string of the molecule is COc1ccc(N(CC(=O)Nc2c(F)cccc2F)S(=O)(=O)c2ccc(Cl)cc2)cc1. The van der Waals surface area contributed by atoms with Gasteiger partial charge in [0.1, 0.15) is 29.6 Å². The van der Waals surface area contributed by atoms with Crippen LogP contribution in [0.3, 0.4) is 0 Å². The zero-order chi connectivity index (χ0) is 22.6. The molecule has 0 radical (unpaired) electrons. The number of hydrogen-bond donors (Lipinski definition) is 1. The van der Waals surface area contributed by atoms with Crippen LogP contribution in [0.15, 0.2) is 71.6 Å². The molecule has 10 heteroatoms. The second-order valence-electron chi connectivity index (χ2n) is 6.31. The highest BCUT2D eigenvalue weighted by molar-refractivity contribution is 7.92. The number of para-hydroxylation sites is 1. The van der Waals surface area contributed by atoms with E-state index >= 15 is 0 Å². The summed E-state index contributed by atoms with van der Waals surface area (Å²) in [5.41, 5.74) is -0.508. The molecular weight excluding hydrogens is 450 g/mol. The Hall–Kier alpha value is -3.17. The summed E-state index contributed by atoms with van der Waals surface area (Å²) in [5.74, 6) is -2.42. The quantitative estimate of drug-likeness (QED) is 0.557. The van der Waals surface area contributed by atoms with E-state index in [2.05, 4.69) is 5.32 Å². The van der Waals surface area contributed by atoms with E-state index in [1.54, 1.807) is 0 Å². The average Bonchev–Trinajstić information content (AvgIpc) is 2.75. The predicted octanol–water partition coefficient (Wildman–Crippen LogP) is 4.46. The molecule has 3 aromatic carbocycles. The van der Waals surface area contributed by atoms with Crippen LogP contribution in [0.4, 0.5) is 20.2 Å². The number of carbonyl (C=O) groups excluding carboxylic acids is 1. The predicted molar refractivity (Wildman–Crippen MR) is 114 cm³/mol. The van der Waals surface area contributed by atoms with Crippen molar-refractivity contribution in [2.75, 3.05) is 23.3 Å². The first-order chi connectivity index (χ1) is 14.7. The Morgan fingerprint density at radius 2 is 1.58 bits per heavy atom. The lowest BCUT2D eigenvalue weighted by Gasteiger charge is -2.24. The number of anilines is 2.